The van der Waals surface area contributed by atoms with Gasteiger partial charge in [-0.1, -0.05) is 18.2 Å². The van der Waals surface area contributed by atoms with Gasteiger partial charge < -0.3 is 4.42 Å². The third-order valence-corrected chi connectivity index (χ3v) is 4.80. The molecule has 1 aliphatic rings. The standard InChI is InChI=1S/C20H13N4O/c1-2-6-13(7-3-1)24-18-15(9-5-11-22-18)17-19(24)23-12-16-14(20(23)25-17)8-4-10-21-16/h1-11H,12H2/q+1. The first-order valence-electron chi connectivity index (χ1n) is 8.23. The summed E-state index contributed by atoms with van der Waals surface area (Å²) < 4.78 is 10.7. The Morgan fingerprint density at radius 2 is 1.76 bits per heavy atom. The fraction of sp³-hybridized carbons (Fsp3) is 0.0500. The maximum atomic E-state index is 6.31. The van der Waals surface area contributed by atoms with Gasteiger partial charge in [-0.15, -0.1) is 0 Å². The molecule has 5 nitrogen and oxygen atoms in total. The van der Waals surface area contributed by atoms with Gasteiger partial charge in [-0.25, -0.2) is 4.98 Å². The molecule has 0 bridgehead atoms. The molecule has 0 saturated carbocycles. The molecule has 5 aromatic rings. The number of rotatable bonds is 1. The van der Waals surface area contributed by atoms with Crippen LogP contribution in [-0.2, 0) is 6.54 Å². The highest BCUT2D eigenvalue weighted by Gasteiger charge is 2.36. The summed E-state index contributed by atoms with van der Waals surface area (Å²) in [6, 6.07) is 18.3. The number of para-hydroxylation sites is 1. The van der Waals surface area contributed by atoms with E-state index in [9.17, 15) is 0 Å². The van der Waals surface area contributed by atoms with Crippen molar-refractivity contribution in [2.45, 2.75) is 6.54 Å². The second-order valence-electron chi connectivity index (χ2n) is 6.19. The normalized spacial score (nSPS) is 12.6. The molecule has 5 heterocycles. The summed E-state index contributed by atoms with van der Waals surface area (Å²) in [6.07, 6.45) is 3.65. The minimum atomic E-state index is 0.710. The Hall–Kier alpha value is -3.47. The monoisotopic (exact) mass is 325 g/mol. The van der Waals surface area contributed by atoms with Crippen molar-refractivity contribution < 1.29 is 8.98 Å². The summed E-state index contributed by atoms with van der Waals surface area (Å²) in [5.74, 6) is 0.864. The van der Waals surface area contributed by atoms with Gasteiger partial charge in [0, 0.05) is 12.4 Å². The second kappa shape index (κ2) is 4.54. The van der Waals surface area contributed by atoms with Crippen LogP contribution in [0.3, 0.4) is 0 Å². The molecule has 0 N–H and O–H groups in total. The Morgan fingerprint density at radius 1 is 0.920 bits per heavy atom. The summed E-state index contributed by atoms with van der Waals surface area (Å²) >= 11 is 0. The van der Waals surface area contributed by atoms with Crippen LogP contribution in [0.1, 0.15) is 5.69 Å². The van der Waals surface area contributed by atoms with E-state index in [4.69, 9.17) is 4.42 Å². The minimum Gasteiger partial charge on any atom is -0.413 e. The molecule has 0 aliphatic carbocycles. The van der Waals surface area contributed by atoms with E-state index in [-0.39, 0.29) is 0 Å². The molecule has 1 aromatic carbocycles. The Bertz CT molecular complexity index is 1270. The van der Waals surface area contributed by atoms with Crippen molar-refractivity contribution in [3.8, 4) is 17.1 Å². The van der Waals surface area contributed by atoms with Crippen LogP contribution in [-0.4, -0.2) is 14.5 Å². The zero-order valence-corrected chi connectivity index (χ0v) is 13.3. The van der Waals surface area contributed by atoms with Crippen LogP contribution in [0.5, 0.6) is 0 Å². The number of aromatic nitrogens is 4. The van der Waals surface area contributed by atoms with Gasteiger partial charge in [0.05, 0.1) is 16.6 Å². The van der Waals surface area contributed by atoms with Crippen LogP contribution in [0.2, 0.25) is 0 Å². The van der Waals surface area contributed by atoms with Gasteiger partial charge in [-0.2, -0.15) is 9.13 Å². The summed E-state index contributed by atoms with van der Waals surface area (Å²) in [5, 5.41) is 1.02. The average Bonchev–Trinajstić information content (AvgIpc) is 3.30. The molecule has 6 rings (SSSR count). The maximum absolute atomic E-state index is 6.31. The third-order valence-electron chi connectivity index (χ3n) is 4.80. The lowest BCUT2D eigenvalue weighted by molar-refractivity contribution is -0.652. The van der Waals surface area contributed by atoms with Gasteiger partial charge in [0.1, 0.15) is 12.2 Å². The van der Waals surface area contributed by atoms with Crippen LogP contribution >= 0.6 is 0 Å². The molecule has 0 atom stereocenters. The minimum absolute atomic E-state index is 0.710. The smallest absolute Gasteiger partial charge is 0.336 e. The molecular formula is C20H13N4O+. The van der Waals surface area contributed by atoms with Crippen LogP contribution in [0, 0.1) is 0 Å². The summed E-state index contributed by atoms with van der Waals surface area (Å²) in [6.45, 7) is 0.710. The first kappa shape index (κ1) is 12.9. The summed E-state index contributed by atoms with van der Waals surface area (Å²) in [4.78, 5) is 9.12. The predicted molar refractivity (Wildman–Crippen MR) is 93.4 cm³/mol. The topological polar surface area (TPSA) is 47.7 Å². The van der Waals surface area contributed by atoms with Gasteiger partial charge >= 0.3 is 5.65 Å². The van der Waals surface area contributed by atoms with Gasteiger partial charge in [0.2, 0.25) is 11.2 Å². The molecule has 4 aromatic heterocycles. The summed E-state index contributed by atoms with van der Waals surface area (Å²) in [7, 11) is 0. The highest BCUT2D eigenvalue weighted by atomic mass is 16.4. The SMILES string of the molecule is c1ccc(-n2c3ncccc3c3oc4[n+](c32)Cc2ncccc2-4)cc1. The van der Waals surface area contributed by atoms with Gasteiger partial charge in [-0.3, -0.25) is 4.98 Å². The van der Waals surface area contributed by atoms with E-state index in [1.807, 2.05) is 42.7 Å². The molecule has 25 heavy (non-hydrogen) atoms. The van der Waals surface area contributed by atoms with Crippen LogP contribution < -0.4 is 4.57 Å². The largest absolute Gasteiger partial charge is 0.413 e. The molecule has 0 unspecified atom stereocenters. The molecule has 118 valence electrons. The Balaban J connectivity index is 1.79. The van der Waals surface area contributed by atoms with E-state index in [2.05, 4.69) is 43.4 Å². The molecule has 0 saturated heterocycles. The average molecular weight is 325 g/mol. The lowest BCUT2D eigenvalue weighted by Gasteiger charge is -1.99. The summed E-state index contributed by atoms with van der Waals surface area (Å²) in [5.41, 5.74) is 5.98. The first-order valence-corrected chi connectivity index (χ1v) is 8.23. The zero-order valence-electron chi connectivity index (χ0n) is 13.3. The van der Waals surface area contributed by atoms with Crippen LogP contribution in [0.25, 0.3) is 39.4 Å². The molecule has 0 spiro atoms. The number of fused-ring (bicyclic) bond motifs is 7. The zero-order chi connectivity index (χ0) is 16.4. The number of benzene rings is 1. The second-order valence-corrected chi connectivity index (χ2v) is 6.19. The lowest BCUT2D eigenvalue weighted by atomic mass is 10.2. The van der Waals surface area contributed by atoms with Crippen molar-refractivity contribution in [2.24, 2.45) is 0 Å². The maximum Gasteiger partial charge on any atom is 0.336 e. The van der Waals surface area contributed by atoms with Crippen molar-refractivity contribution >= 4 is 22.3 Å². The van der Waals surface area contributed by atoms with E-state index in [0.29, 0.717) is 6.54 Å². The molecule has 5 heteroatoms. The van der Waals surface area contributed by atoms with Crippen molar-refractivity contribution in [1.82, 2.24) is 14.5 Å². The van der Waals surface area contributed by atoms with Gasteiger partial charge in [-0.05, 0) is 36.4 Å². The van der Waals surface area contributed by atoms with E-state index in [0.717, 1.165) is 45.1 Å². The van der Waals surface area contributed by atoms with Crippen LogP contribution in [0.15, 0.2) is 71.4 Å². The highest BCUT2D eigenvalue weighted by molar-refractivity contribution is 6.02. The molecular weight excluding hydrogens is 312 g/mol. The van der Waals surface area contributed by atoms with E-state index in [1.165, 1.54) is 0 Å². The first-order chi connectivity index (χ1) is 12.4. The van der Waals surface area contributed by atoms with Crippen molar-refractivity contribution in [1.29, 1.82) is 0 Å². The van der Waals surface area contributed by atoms with Crippen molar-refractivity contribution in [2.75, 3.05) is 0 Å². The molecule has 1 aliphatic heterocycles. The Morgan fingerprint density at radius 3 is 2.68 bits per heavy atom. The van der Waals surface area contributed by atoms with Crippen molar-refractivity contribution in [3.05, 3.63) is 72.7 Å². The van der Waals surface area contributed by atoms with Gasteiger partial charge in [0.25, 0.3) is 5.89 Å². The van der Waals surface area contributed by atoms with E-state index < -0.39 is 0 Å². The number of hydrogen-bond acceptors (Lipinski definition) is 3. The van der Waals surface area contributed by atoms with E-state index >= 15 is 0 Å². The van der Waals surface area contributed by atoms with E-state index in [1.54, 1.807) is 0 Å². The third kappa shape index (κ3) is 1.59. The lowest BCUT2D eigenvalue weighted by Crippen LogP contribution is -2.32. The molecule has 0 fully saturated rings. The molecule has 0 amide bonds. The fourth-order valence-corrected chi connectivity index (χ4v) is 3.74. The van der Waals surface area contributed by atoms with Crippen LogP contribution in [0.4, 0.5) is 0 Å². The highest BCUT2D eigenvalue weighted by Crippen LogP contribution is 2.35. The quantitative estimate of drug-likeness (QED) is 0.435. The number of nitrogens with zero attached hydrogens (tertiary/aromatic N) is 4. The predicted octanol–water partition coefficient (Wildman–Crippen LogP) is 3.48. The Labute approximate surface area is 142 Å². The molecule has 0 radical (unpaired) electrons. The van der Waals surface area contributed by atoms with Gasteiger partial charge in [0.15, 0.2) is 0 Å². The Kier molecular flexibility index (Phi) is 2.34. The van der Waals surface area contributed by atoms with Crippen molar-refractivity contribution in [3.63, 3.8) is 0 Å². The number of pyridine rings is 2. The fourth-order valence-electron chi connectivity index (χ4n) is 3.74. The number of oxazole rings is 1. The number of hydrogen-bond donors (Lipinski definition) is 0.